The number of hydrogen-bond acceptors (Lipinski definition) is 2. The van der Waals surface area contributed by atoms with Gasteiger partial charge in [-0.2, -0.15) is 0 Å². The molecule has 0 radical (unpaired) electrons. The van der Waals surface area contributed by atoms with Gasteiger partial charge in [-0.15, -0.1) is 0 Å². The van der Waals surface area contributed by atoms with Crippen LogP contribution in [0.5, 0.6) is 0 Å². The average Bonchev–Trinajstić information content (AvgIpc) is 2.04. The van der Waals surface area contributed by atoms with E-state index < -0.39 is 0 Å². The molecule has 58 valence electrons. The van der Waals surface area contributed by atoms with Crippen molar-refractivity contribution in [2.75, 3.05) is 6.54 Å². The van der Waals surface area contributed by atoms with E-state index in [1.54, 1.807) is 0 Å². The zero-order valence-electron chi connectivity index (χ0n) is 6.72. The minimum atomic E-state index is 1.01. The van der Waals surface area contributed by atoms with Crippen LogP contribution in [-0.2, 0) is 13.0 Å². The molecule has 0 saturated carbocycles. The van der Waals surface area contributed by atoms with Gasteiger partial charge in [-0.05, 0) is 37.1 Å². The Morgan fingerprint density at radius 1 is 1.45 bits per heavy atom. The Labute approximate surface area is 66.7 Å². The Morgan fingerprint density at radius 3 is 3.27 bits per heavy atom. The first-order chi connectivity index (χ1) is 5.36. The fraction of sp³-hybridized carbons (Fsp3) is 0.444. The van der Waals surface area contributed by atoms with Crippen LogP contribution in [0.4, 0.5) is 0 Å². The molecule has 2 heterocycles. The van der Waals surface area contributed by atoms with Crippen molar-refractivity contribution in [2.24, 2.45) is 0 Å². The van der Waals surface area contributed by atoms with E-state index >= 15 is 0 Å². The summed E-state index contributed by atoms with van der Waals surface area (Å²) in [6, 6.07) is 2.17. The lowest BCUT2D eigenvalue weighted by molar-refractivity contribution is 0.640. The topological polar surface area (TPSA) is 24.9 Å². The fourth-order valence-corrected chi connectivity index (χ4v) is 1.48. The van der Waals surface area contributed by atoms with Crippen molar-refractivity contribution < 1.29 is 0 Å². The highest BCUT2D eigenvalue weighted by Crippen LogP contribution is 2.12. The van der Waals surface area contributed by atoms with Gasteiger partial charge in [-0.25, -0.2) is 0 Å². The van der Waals surface area contributed by atoms with Crippen molar-refractivity contribution in [1.82, 2.24) is 10.3 Å². The van der Waals surface area contributed by atoms with Gasteiger partial charge in [-0.3, -0.25) is 4.98 Å². The molecule has 0 aliphatic carbocycles. The predicted molar refractivity (Wildman–Crippen MR) is 44.4 cm³/mol. The Kier molecular flexibility index (Phi) is 1.62. The molecule has 0 aromatic carbocycles. The third-order valence-corrected chi connectivity index (χ3v) is 2.11. The number of nitrogens with one attached hydrogen (secondary N) is 1. The number of aryl methyl sites for hydroxylation is 1. The summed E-state index contributed by atoms with van der Waals surface area (Å²) in [7, 11) is 0. The summed E-state index contributed by atoms with van der Waals surface area (Å²) in [5.41, 5.74) is 3.95. The second-order valence-electron chi connectivity index (χ2n) is 3.02. The normalized spacial score (nSPS) is 16.1. The zero-order valence-corrected chi connectivity index (χ0v) is 6.72. The molecule has 0 spiro atoms. The van der Waals surface area contributed by atoms with Crippen molar-refractivity contribution in [3.05, 3.63) is 29.1 Å². The van der Waals surface area contributed by atoms with Gasteiger partial charge in [0.15, 0.2) is 0 Å². The standard InChI is InChI=1S/C9H12N2/c1-7-4-9-5-10-3-2-8(9)6-11-7/h4,6,10H,2-3,5H2,1H3. The average molecular weight is 148 g/mol. The maximum atomic E-state index is 4.26. The van der Waals surface area contributed by atoms with Crippen molar-refractivity contribution in [2.45, 2.75) is 19.9 Å². The Hall–Kier alpha value is -0.890. The first-order valence-corrected chi connectivity index (χ1v) is 4.01. The molecule has 2 rings (SSSR count). The number of hydrogen-bond donors (Lipinski definition) is 1. The molecule has 2 heteroatoms. The minimum absolute atomic E-state index is 1.01. The molecule has 0 bridgehead atoms. The SMILES string of the molecule is Cc1cc2c(cn1)CCNC2. The largest absolute Gasteiger partial charge is 0.312 e. The van der Waals surface area contributed by atoms with Crippen LogP contribution in [0.2, 0.25) is 0 Å². The highest BCUT2D eigenvalue weighted by molar-refractivity contribution is 5.28. The molecule has 1 N–H and O–H groups in total. The van der Waals surface area contributed by atoms with Gasteiger partial charge in [0, 0.05) is 18.4 Å². The van der Waals surface area contributed by atoms with Gasteiger partial charge in [0.05, 0.1) is 0 Å². The van der Waals surface area contributed by atoms with Crippen LogP contribution < -0.4 is 5.32 Å². The van der Waals surface area contributed by atoms with Crippen LogP contribution in [-0.4, -0.2) is 11.5 Å². The first-order valence-electron chi connectivity index (χ1n) is 4.01. The summed E-state index contributed by atoms with van der Waals surface area (Å²) in [6.07, 6.45) is 3.13. The van der Waals surface area contributed by atoms with Gasteiger partial charge in [0.2, 0.25) is 0 Å². The predicted octanol–water partition coefficient (Wildman–Crippen LogP) is 1.04. The van der Waals surface area contributed by atoms with E-state index in [-0.39, 0.29) is 0 Å². The molecule has 0 amide bonds. The molecule has 2 nitrogen and oxygen atoms in total. The number of fused-ring (bicyclic) bond motifs is 1. The van der Waals surface area contributed by atoms with Crippen LogP contribution in [0.3, 0.4) is 0 Å². The molecule has 0 atom stereocenters. The summed E-state index contributed by atoms with van der Waals surface area (Å²) in [6.45, 7) is 4.14. The van der Waals surface area contributed by atoms with Gasteiger partial charge in [-0.1, -0.05) is 0 Å². The monoisotopic (exact) mass is 148 g/mol. The highest BCUT2D eigenvalue weighted by Gasteiger charge is 2.07. The summed E-state index contributed by atoms with van der Waals surface area (Å²) >= 11 is 0. The summed E-state index contributed by atoms with van der Waals surface area (Å²) < 4.78 is 0. The van der Waals surface area contributed by atoms with E-state index in [1.165, 1.54) is 11.1 Å². The number of pyridine rings is 1. The highest BCUT2D eigenvalue weighted by atomic mass is 14.9. The lowest BCUT2D eigenvalue weighted by Crippen LogP contribution is -2.23. The number of rotatable bonds is 0. The molecule has 1 aliphatic rings. The van der Waals surface area contributed by atoms with Crippen LogP contribution in [0, 0.1) is 6.92 Å². The Bertz CT molecular complexity index is 268. The van der Waals surface area contributed by atoms with E-state index in [9.17, 15) is 0 Å². The summed E-state index contributed by atoms with van der Waals surface area (Å²) in [4.78, 5) is 4.26. The summed E-state index contributed by atoms with van der Waals surface area (Å²) in [5.74, 6) is 0. The number of aromatic nitrogens is 1. The molecule has 0 fully saturated rings. The fourth-order valence-electron chi connectivity index (χ4n) is 1.48. The second kappa shape index (κ2) is 2.62. The smallest absolute Gasteiger partial charge is 0.0376 e. The molecule has 1 aromatic rings. The third kappa shape index (κ3) is 1.26. The molecule has 0 saturated heterocycles. The number of nitrogens with zero attached hydrogens (tertiary/aromatic N) is 1. The van der Waals surface area contributed by atoms with E-state index in [0.29, 0.717) is 0 Å². The molecule has 1 aliphatic heterocycles. The zero-order chi connectivity index (χ0) is 7.68. The van der Waals surface area contributed by atoms with E-state index in [0.717, 1.165) is 25.2 Å². The van der Waals surface area contributed by atoms with Crippen LogP contribution in [0.15, 0.2) is 12.3 Å². The van der Waals surface area contributed by atoms with Gasteiger partial charge in [0.1, 0.15) is 0 Å². The quantitative estimate of drug-likeness (QED) is 0.594. The van der Waals surface area contributed by atoms with Crippen LogP contribution in [0.25, 0.3) is 0 Å². The molecular weight excluding hydrogens is 136 g/mol. The Balaban J connectivity index is 2.43. The van der Waals surface area contributed by atoms with Gasteiger partial charge < -0.3 is 5.32 Å². The molecule has 0 unspecified atom stereocenters. The van der Waals surface area contributed by atoms with Crippen LogP contribution >= 0.6 is 0 Å². The third-order valence-electron chi connectivity index (χ3n) is 2.11. The maximum absolute atomic E-state index is 4.26. The van der Waals surface area contributed by atoms with E-state index in [1.807, 2.05) is 13.1 Å². The lowest BCUT2D eigenvalue weighted by Gasteiger charge is -2.16. The van der Waals surface area contributed by atoms with Crippen molar-refractivity contribution >= 4 is 0 Å². The van der Waals surface area contributed by atoms with Gasteiger partial charge >= 0.3 is 0 Å². The second-order valence-corrected chi connectivity index (χ2v) is 3.02. The van der Waals surface area contributed by atoms with E-state index in [2.05, 4.69) is 16.4 Å². The van der Waals surface area contributed by atoms with Crippen molar-refractivity contribution in [1.29, 1.82) is 0 Å². The molecular formula is C9H12N2. The first kappa shape index (κ1) is 6.80. The van der Waals surface area contributed by atoms with Crippen molar-refractivity contribution in [3.8, 4) is 0 Å². The van der Waals surface area contributed by atoms with Crippen LogP contribution in [0.1, 0.15) is 16.8 Å². The maximum Gasteiger partial charge on any atom is 0.0376 e. The Morgan fingerprint density at radius 2 is 2.36 bits per heavy atom. The van der Waals surface area contributed by atoms with Gasteiger partial charge in [0.25, 0.3) is 0 Å². The lowest BCUT2D eigenvalue weighted by atomic mass is 10.0. The van der Waals surface area contributed by atoms with Crippen molar-refractivity contribution in [3.63, 3.8) is 0 Å². The summed E-state index contributed by atoms with van der Waals surface area (Å²) in [5, 5.41) is 3.34. The van der Waals surface area contributed by atoms with E-state index in [4.69, 9.17) is 0 Å². The molecule has 11 heavy (non-hydrogen) atoms. The molecule has 1 aromatic heterocycles. The minimum Gasteiger partial charge on any atom is -0.312 e.